The Hall–Kier alpha value is -1.98. The van der Waals surface area contributed by atoms with Gasteiger partial charge in [0.1, 0.15) is 5.82 Å². The standard InChI is InChI=1S/C19H24N4O/c1-2-7-21-18(3-1)23-10-6-19(15-23)14-22(11-12-24-16-19)13-17-4-8-20-9-5-17/h1-5,7-9H,6,10-16H2. The van der Waals surface area contributed by atoms with E-state index >= 15 is 0 Å². The lowest BCUT2D eigenvalue weighted by atomic mass is 9.87. The third-order valence-corrected chi connectivity index (χ3v) is 5.09. The maximum atomic E-state index is 5.98. The molecule has 126 valence electrons. The lowest BCUT2D eigenvalue weighted by molar-refractivity contribution is 0.0798. The van der Waals surface area contributed by atoms with E-state index in [-0.39, 0.29) is 5.41 Å². The first-order valence-electron chi connectivity index (χ1n) is 8.68. The first-order chi connectivity index (χ1) is 11.8. The fourth-order valence-electron chi connectivity index (χ4n) is 3.88. The molecule has 24 heavy (non-hydrogen) atoms. The molecule has 1 atom stereocenters. The Balaban J connectivity index is 1.46. The molecule has 0 aliphatic carbocycles. The van der Waals surface area contributed by atoms with Gasteiger partial charge in [-0.2, -0.15) is 0 Å². The van der Waals surface area contributed by atoms with Crippen molar-refractivity contribution >= 4 is 5.82 Å². The highest BCUT2D eigenvalue weighted by molar-refractivity contribution is 5.40. The van der Waals surface area contributed by atoms with Crippen molar-refractivity contribution in [2.75, 3.05) is 44.3 Å². The average molecular weight is 324 g/mol. The van der Waals surface area contributed by atoms with Crippen molar-refractivity contribution < 1.29 is 4.74 Å². The SMILES string of the molecule is c1ccc(N2CCC3(COCCN(Cc4ccncc4)C3)C2)nc1. The van der Waals surface area contributed by atoms with Gasteiger partial charge in [-0.05, 0) is 36.2 Å². The van der Waals surface area contributed by atoms with Crippen LogP contribution in [0.25, 0.3) is 0 Å². The van der Waals surface area contributed by atoms with E-state index < -0.39 is 0 Å². The highest BCUT2D eigenvalue weighted by Crippen LogP contribution is 2.35. The summed E-state index contributed by atoms with van der Waals surface area (Å²) in [6, 6.07) is 10.3. The molecule has 2 saturated heterocycles. The fraction of sp³-hybridized carbons (Fsp3) is 0.474. The molecular formula is C19H24N4O. The first-order valence-corrected chi connectivity index (χ1v) is 8.68. The highest BCUT2D eigenvalue weighted by Gasteiger charge is 2.41. The first kappa shape index (κ1) is 15.5. The normalized spacial score (nSPS) is 25.1. The van der Waals surface area contributed by atoms with E-state index in [1.165, 1.54) is 5.56 Å². The fourth-order valence-corrected chi connectivity index (χ4v) is 3.88. The van der Waals surface area contributed by atoms with Crippen LogP contribution in [-0.4, -0.2) is 54.3 Å². The van der Waals surface area contributed by atoms with Crippen LogP contribution in [0.15, 0.2) is 48.9 Å². The van der Waals surface area contributed by atoms with Crippen molar-refractivity contribution in [1.29, 1.82) is 0 Å². The van der Waals surface area contributed by atoms with Crippen molar-refractivity contribution in [1.82, 2.24) is 14.9 Å². The molecule has 0 radical (unpaired) electrons. The Labute approximate surface area is 143 Å². The van der Waals surface area contributed by atoms with Gasteiger partial charge in [0.2, 0.25) is 0 Å². The second-order valence-electron chi connectivity index (χ2n) is 6.98. The van der Waals surface area contributed by atoms with Crippen LogP contribution in [0.3, 0.4) is 0 Å². The highest BCUT2D eigenvalue weighted by atomic mass is 16.5. The third kappa shape index (κ3) is 3.42. The van der Waals surface area contributed by atoms with Crippen LogP contribution in [0.1, 0.15) is 12.0 Å². The summed E-state index contributed by atoms with van der Waals surface area (Å²) >= 11 is 0. The zero-order valence-corrected chi connectivity index (χ0v) is 14.0. The number of hydrogen-bond acceptors (Lipinski definition) is 5. The molecule has 0 amide bonds. The molecule has 5 heteroatoms. The summed E-state index contributed by atoms with van der Waals surface area (Å²) in [5.41, 5.74) is 1.53. The van der Waals surface area contributed by atoms with Crippen LogP contribution in [0, 0.1) is 5.41 Å². The van der Waals surface area contributed by atoms with Crippen molar-refractivity contribution in [3.05, 3.63) is 54.5 Å². The van der Waals surface area contributed by atoms with Gasteiger partial charge in [0.05, 0.1) is 13.2 Å². The van der Waals surface area contributed by atoms with Gasteiger partial charge < -0.3 is 9.64 Å². The number of anilines is 1. The molecular weight excluding hydrogens is 300 g/mol. The summed E-state index contributed by atoms with van der Waals surface area (Å²) in [6.45, 7) is 6.80. The number of nitrogens with zero attached hydrogens (tertiary/aromatic N) is 4. The predicted molar refractivity (Wildman–Crippen MR) is 93.8 cm³/mol. The van der Waals surface area contributed by atoms with Gasteiger partial charge in [-0.1, -0.05) is 6.07 Å². The van der Waals surface area contributed by atoms with Crippen molar-refractivity contribution in [2.24, 2.45) is 5.41 Å². The van der Waals surface area contributed by atoms with Crippen molar-refractivity contribution in [3.8, 4) is 0 Å². The summed E-state index contributed by atoms with van der Waals surface area (Å²) in [5.74, 6) is 1.08. The Morgan fingerprint density at radius 2 is 1.96 bits per heavy atom. The van der Waals surface area contributed by atoms with E-state index in [9.17, 15) is 0 Å². The molecule has 4 heterocycles. The Kier molecular flexibility index (Phi) is 4.45. The number of pyridine rings is 2. The second-order valence-corrected chi connectivity index (χ2v) is 6.98. The quantitative estimate of drug-likeness (QED) is 0.866. The predicted octanol–water partition coefficient (Wildman–Crippen LogP) is 2.21. The van der Waals surface area contributed by atoms with E-state index in [4.69, 9.17) is 4.74 Å². The molecule has 2 aliphatic rings. The molecule has 0 N–H and O–H groups in total. The monoisotopic (exact) mass is 324 g/mol. The van der Waals surface area contributed by atoms with Crippen molar-refractivity contribution in [3.63, 3.8) is 0 Å². The molecule has 2 aromatic rings. The summed E-state index contributed by atoms with van der Waals surface area (Å²) in [7, 11) is 0. The zero-order chi connectivity index (χ0) is 16.2. The van der Waals surface area contributed by atoms with Crippen LogP contribution in [0.2, 0.25) is 0 Å². The van der Waals surface area contributed by atoms with Crippen LogP contribution in [0.4, 0.5) is 5.82 Å². The Bertz CT molecular complexity index is 651. The number of aromatic nitrogens is 2. The minimum absolute atomic E-state index is 0.209. The molecule has 5 nitrogen and oxygen atoms in total. The molecule has 0 bridgehead atoms. The zero-order valence-electron chi connectivity index (χ0n) is 14.0. The van der Waals surface area contributed by atoms with Gasteiger partial charge in [-0.3, -0.25) is 9.88 Å². The van der Waals surface area contributed by atoms with E-state index in [0.29, 0.717) is 0 Å². The largest absolute Gasteiger partial charge is 0.379 e. The minimum Gasteiger partial charge on any atom is -0.379 e. The summed E-state index contributed by atoms with van der Waals surface area (Å²) < 4.78 is 5.98. The second kappa shape index (κ2) is 6.87. The maximum Gasteiger partial charge on any atom is 0.128 e. The van der Waals surface area contributed by atoms with E-state index in [1.54, 1.807) is 0 Å². The molecule has 2 aromatic heterocycles. The van der Waals surface area contributed by atoms with E-state index in [1.807, 2.05) is 24.7 Å². The van der Waals surface area contributed by atoms with Gasteiger partial charge in [-0.15, -0.1) is 0 Å². The van der Waals surface area contributed by atoms with Crippen molar-refractivity contribution in [2.45, 2.75) is 13.0 Å². The molecule has 4 rings (SSSR count). The van der Waals surface area contributed by atoms with Gasteiger partial charge in [0.25, 0.3) is 0 Å². The van der Waals surface area contributed by atoms with Crippen LogP contribution < -0.4 is 4.90 Å². The van der Waals surface area contributed by atoms with Crippen LogP contribution >= 0.6 is 0 Å². The van der Waals surface area contributed by atoms with E-state index in [2.05, 4.69) is 44.0 Å². The minimum atomic E-state index is 0.209. The molecule has 0 saturated carbocycles. The van der Waals surface area contributed by atoms with Gasteiger partial charge in [0, 0.05) is 56.7 Å². The van der Waals surface area contributed by atoms with Gasteiger partial charge >= 0.3 is 0 Å². The smallest absolute Gasteiger partial charge is 0.128 e. The molecule has 2 aliphatic heterocycles. The average Bonchev–Trinajstić information content (AvgIpc) is 2.94. The summed E-state index contributed by atoms with van der Waals surface area (Å²) in [6.07, 6.45) is 6.78. The third-order valence-electron chi connectivity index (χ3n) is 5.09. The van der Waals surface area contributed by atoms with Gasteiger partial charge in [0.15, 0.2) is 0 Å². The van der Waals surface area contributed by atoms with Gasteiger partial charge in [-0.25, -0.2) is 4.98 Å². The molecule has 1 unspecified atom stereocenters. The molecule has 2 fully saturated rings. The molecule has 0 aromatic carbocycles. The lowest BCUT2D eigenvalue weighted by Gasteiger charge is -2.32. The van der Waals surface area contributed by atoms with E-state index in [0.717, 1.165) is 58.2 Å². The maximum absolute atomic E-state index is 5.98. The summed E-state index contributed by atoms with van der Waals surface area (Å²) in [5, 5.41) is 0. The van der Waals surface area contributed by atoms with Crippen LogP contribution in [-0.2, 0) is 11.3 Å². The number of hydrogen-bond donors (Lipinski definition) is 0. The summed E-state index contributed by atoms with van der Waals surface area (Å²) in [4.78, 5) is 13.6. The Morgan fingerprint density at radius 3 is 2.79 bits per heavy atom. The topological polar surface area (TPSA) is 41.5 Å². The number of ether oxygens (including phenoxy) is 1. The Morgan fingerprint density at radius 1 is 1.04 bits per heavy atom. The lowest BCUT2D eigenvalue weighted by Crippen LogP contribution is -2.40. The molecule has 1 spiro atoms. The van der Waals surface area contributed by atoms with Crippen LogP contribution in [0.5, 0.6) is 0 Å². The number of rotatable bonds is 3.